The van der Waals surface area contributed by atoms with Crippen LogP contribution in [0.25, 0.3) is 5.69 Å². The highest BCUT2D eigenvalue weighted by molar-refractivity contribution is 7.89. The third-order valence-electron chi connectivity index (χ3n) is 4.05. The molecule has 0 saturated carbocycles. The summed E-state index contributed by atoms with van der Waals surface area (Å²) in [5.74, 6) is 0. The number of sulfonamides is 1. The van der Waals surface area contributed by atoms with E-state index in [1.165, 1.54) is 12.1 Å². The van der Waals surface area contributed by atoms with Crippen LogP contribution >= 0.6 is 11.6 Å². The summed E-state index contributed by atoms with van der Waals surface area (Å²) >= 11 is 5.98. The number of aryl methyl sites for hydroxylation is 1. The minimum absolute atomic E-state index is 0.0893. The van der Waals surface area contributed by atoms with E-state index in [9.17, 15) is 8.42 Å². The van der Waals surface area contributed by atoms with Crippen LogP contribution in [0, 0.1) is 13.8 Å². The molecule has 0 radical (unpaired) electrons. The smallest absolute Gasteiger partial charge is 0.238 e. The summed E-state index contributed by atoms with van der Waals surface area (Å²) in [7, 11) is -3.70. The third kappa shape index (κ3) is 3.88. The van der Waals surface area contributed by atoms with Gasteiger partial charge in [-0.3, -0.25) is 4.99 Å². The first-order chi connectivity index (χ1) is 12.3. The average Bonchev–Trinajstić information content (AvgIpc) is 2.86. The van der Waals surface area contributed by atoms with Gasteiger partial charge in [0.05, 0.1) is 10.6 Å². The summed E-state index contributed by atoms with van der Waals surface area (Å²) in [6.45, 7) is 3.97. The largest absolute Gasteiger partial charge is 0.318 e. The first-order valence-corrected chi connectivity index (χ1v) is 9.80. The number of hydrogen-bond acceptors (Lipinski definition) is 3. The molecule has 3 rings (SSSR count). The van der Waals surface area contributed by atoms with Crippen molar-refractivity contribution in [3.8, 4) is 5.69 Å². The summed E-state index contributed by atoms with van der Waals surface area (Å²) < 4.78 is 24.8. The first-order valence-electron chi connectivity index (χ1n) is 7.87. The Morgan fingerprint density at radius 3 is 2.38 bits per heavy atom. The van der Waals surface area contributed by atoms with E-state index in [0.717, 1.165) is 28.3 Å². The van der Waals surface area contributed by atoms with Gasteiger partial charge in [-0.05, 0) is 62.4 Å². The van der Waals surface area contributed by atoms with Gasteiger partial charge in [0.2, 0.25) is 10.0 Å². The van der Waals surface area contributed by atoms with Gasteiger partial charge in [0.1, 0.15) is 0 Å². The van der Waals surface area contributed by atoms with E-state index in [0.29, 0.717) is 5.02 Å². The quantitative estimate of drug-likeness (QED) is 0.682. The monoisotopic (exact) mass is 387 g/mol. The number of aromatic nitrogens is 1. The summed E-state index contributed by atoms with van der Waals surface area (Å²) in [4.78, 5) is 4.56. The molecule has 0 amide bonds. The molecule has 0 spiro atoms. The van der Waals surface area contributed by atoms with Crippen molar-refractivity contribution in [3.63, 3.8) is 0 Å². The van der Waals surface area contributed by atoms with Crippen molar-refractivity contribution in [2.45, 2.75) is 18.7 Å². The second-order valence-electron chi connectivity index (χ2n) is 5.94. The summed E-state index contributed by atoms with van der Waals surface area (Å²) in [5.41, 5.74) is 4.61. The molecule has 7 heteroatoms. The topological polar surface area (TPSA) is 77.5 Å². The highest BCUT2D eigenvalue weighted by atomic mass is 35.5. The van der Waals surface area contributed by atoms with Crippen LogP contribution in [0.1, 0.15) is 17.0 Å². The predicted molar refractivity (Wildman–Crippen MR) is 105 cm³/mol. The molecule has 5 nitrogen and oxygen atoms in total. The Hall–Kier alpha value is -2.41. The van der Waals surface area contributed by atoms with Crippen molar-refractivity contribution in [1.29, 1.82) is 0 Å². The van der Waals surface area contributed by atoms with Gasteiger partial charge in [-0.2, -0.15) is 0 Å². The zero-order chi connectivity index (χ0) is 18.9. The molecule has 1 aromatic heterocycles. The van der Waals surface area contributed by atoms with Gasteiger partial charge in [-0.1, -0.05) is 17.7 Å². The van der Waals surface area contributed by atoms with Gasteiger partial charge in [-0.25, -0.2) is 13.6 Å². The van der Waals surface area contributed by atoms with Gasteiger partial charge < -0.3 is 4.57 Å². The second-order valence-corrected chi connectivity index (χ2v) is 7.94. The van der Waals surface area contributed by atoms with Crippen molar-refractivity contribution < 1.29 is 8.42 Å². The standard InChI is InChI=1S/C19H18ClN3O2S/c1-13-10-15(12-22-17-5-3-4-16(20)11-17)14(2)23(13)18-6-8-19(9-7-18)26(21,24)25/h3-12H,1-2H3,(H2,21,24,25). The average molecular weight is 388 g/mol. The molecule has 0 aliphatic heterocycles. The van der Waals surface area contributed by atoms with Crippen LogP contribution in [0.2, 0.25) is 5.02 Å². The Morgan fingerprint density at radius 2 is 1.77 bits per heavy atom. The van der Waals surface area contributed by atoms with Crippen LogP contribution in [-0.2, 0) is 10.0 Å². The van der Waals surface area contributed by atoms with Crippen molar-refractivity contribution in [2.75, 3.05) is 0 Å². The number of benzene rings is 2. The third-order valence-corrected chi connectivity index (χ3v) is 5.22. The highest BCUT2D eigenvalue weighted by Gasteiger charge is 2.11. The van der Waals surface area contributed by atoms with E-state index in [1.54, 1.807) is 30.5 Å². The maximum Gasteiger partial charge on any atom is 0.238 e. The molecule has 134 valence electrons. The predicted octanol–water partition coefficient (Wildman–Crippen LogP) is 4.15. The molecule has 2 N–H and O–H groups in total. The molecule has 0 aliphatic carbocycles. The number of aliphatic imine (C=N–C) groups is 1. The Balaban J connectivity index is 1.96. The van der Waals surface area contributed by atoms with Crippen LogP contribution in [0.15, 0.2) is 64.5 Å². The van der Waals surface area contributed by atoms with Gasteiger partial charge >= 0.3 is 0 Å². The van der Waals surface area contributed by atoms with E-state index >= 15 is 0 Å². The van der Waals surface area contributed by atoms with Crippen LogP contribution < -0.4 is 5.14 Å². The van der Waals surface area contributed by atoms with Crippen molar-refractivity contribution in [2.24, 2.45) is 10.1 Å². The van der Waals surface area contributed by atoms with E-state index in [-0.39, 0.29) is 4.90 Å². The minimum atomic E-state index is -3.70. The van der Waals surface area contributed by atoms with Crippen LogP contribution in [0.5, 0.6) is 0 Å². The molecule has 0 bridgehead atoms. The lowest BCUT2D eigenvalue weighted by molar-refractivity contribution is 0.598. The summed E-state index contributed by atoms with van der Waals surface area (Å²) in [6.07, 6.45) is 1.79. The molecule has 26 heavy (non-hydrogen) atoms. The Bertz CT molecular complexity index is 1080. The molecule has 2 aromatic carbocycles. The highest BCUT2D eigenvalue weighted by Crippen LogP contribution is 2.22. The van der Waals surface area contributed by atoms with E-state index in [1.807, 2.05) is 36.6 Å². The number of primary sulfonamides is 1. The molecule has 0 fully saturated rings. The number of nitrogens with zero attached hydrogens (tertiary/aromatic N) is 2. The van der Waals surface area contributed by atoms with Crippen molar-refractivity contribution in [1.82, 2.24) is 4.57 Å². The van der Waals surface area contributed by atoms with Gasteiger partial charge in [0, 0.05) is 33.9 Å². The minimum Gasteiger partial charge on any atom is -0.318 e. The van der Waals surface area contributed by atoms with Crippen molar-refractivity contribution in [3.05, 3.63) is 76.6 Å². The number of rotatable bonds is 4. The first kappa shape index (κ1) is 18.4. The lowest BCUT2D eigenvalue weighted by Gasteiger charge is -2.10. The number of hydrogen-bond donors (Lipinski definition) is 1. The molecular weight excluding hydrogens is 370 g/mol. The van der Waals surface area contributed by atoms with Gasteiger partial charge in [0.15, 0.2) is 0 Å². The fraction of sp³-hybridized carbons (Fsp3) is 0.105. The fourth-order valence-corrected chi connectivity index (χ4v) is 3.50. The Kier molecular flexibility index (Phi) is 5.00. The molecule has 0 saturated heterocycles. The fourth-order valence-electron chi connectivity index (χ4n) is 2.80. The van der Waals surface area contributed by atoms with Crippen molar-refractivity contribution >= 4 is 33.5 Å². The van der Waals surface area contributed by atoms with Gasteiger partial charge in [-0.15, -0.1) is 0 Å². The normalized spacial score (nSPS) is 12.0. The lowest BCUT2D eigenvalue weighted by Crippen LogP contribution is -2.12. The molecule has 0 unspecified atom stereocenters. The number of halogens is 1. The molecule has 0 atom stereocenters. The molecule has 3 aromatic rings. The van der Waals surface area contributed by atoms with E-state index in [4.69, 9.17) is 16.7 Å². The van der Waals surface area contributed by atoms with Crippen LogP contribution in [0.3, 0.4) is 0 Å². The second kappa shape index (κ2) is 7.07. The number of nitrogens with two attached hydrogens (primary N) is 1. The van der Waals surface area contributed by atoms with Gasteiger partial charge in [0.25, 0.3) is 0 Å². The maximum absolute atomic E-state index is 11.4. The van der Waals surface area contributed by atoms with Crippen LogP contribution in [0.4, 0.5) is 5.69 Å². The summed E-state index contributed by atoms with van der Waals surface area (Å²) in [5, 5.41) is 5.79. The molecular formula is C19H18ClN3O2S. The zero-order valence-corrected chi connectivity index (χ0v) is 15.9. The summed E-state index contributed by atoms with van der Waals surface area (Å²) in [6, 6.07) is 15.8. The molecule has 1 heterocycles. The molecule has 0 aliphatic rings. The Morgan fingerprint density at radius 1 is 1.08 bits per heavy atom. The zero-order valence-electron chi connectivity index (χ0n) is 14.3. The van der Waals surface area contributed by atoms with Crippen LogP contribution in [-0.4, -0.2) is 19.2 Å². The van der Waals surface area contributed by atoms with E-state index < -0.39 is 10.0 Å². The maximum atomic E-state index is 11.4. The SMILES string of the molecule is Cc1cc(C=Nc2cccc(Cl)c2)c(C)n1-c1ccc(S(N)(=O)=O)cc1. The van der Waals surface area contributed by atoms with E-state index in [2.05, 4.69) is 4.99 Å². The lowest BCUT2D eigenvalue weighted by atomic mass is 10.2. The Labute approximate surface area is 157 Å².